The van der Waals surface area contributed by atoms with Gasteiger partial charge in [0.05, 0.1) is 31.5 Å². The Kier molecular flexibility index (Phi) is 5.47. The third-order valence-corrected chi connectivity index (χ3v) is 4.73. The van der Waals surface area contributed by atoms with Crippen molar-refractivity contribution in [3.63, 3.8) is 0 Å². The van der Waals surface area contributed by atoms with Crippen molar-refractivity contribution in [2.45, 2.75) is 44.0 Å². The van der Waals surface area contributed by atoms with Crippen molar-refractivity contribution in [1.82, 2.24) is 4.90 Å². The molecule has 1 aromatic carbocycles. The molecule has 1 saturated heterocycles. The number of rotatable bonds is 6. The molecule has 0 bridgehead atoms. The molecule has 1 aromatic rings. The Labute approximate surface area is 133 Å². The first kappa shape index (κ1) is 15.9. The van der Waals surface area contributed by atoms with Gasteiger partial charge in [0.1, 0.15) is 0 Å². The van der Waals surface area contributed by atoms with Crippen LogP contribution >= 0.6 is 0 Å². The number of β-amino-alcohol motifs (C(OH)–C–C–N with tert-alkyl or cyclic N) is 1. The van der Waals surface area contributed by atoms with Gasteiger partial charge in [0.2, 0.25) is 0 Å². The summed E-state index contributed by atoms with van der Waals surface area (Å²) in [6.45, 7) is 4.29. The quantitative estimate of drug-likeness (QED) is 0.875. The second-order valence-corrected chi connectivity index (χ2v) is 6.63. The first-order valence-corrected chi connectivity index (χ1v) is 8.42. The fourth-order valence-corrected chi connectivity index (χ4v) is 3.64. The highest BCUT2D eigenvalue weighted by molar-refractivity contribution is 5.13. The van der Waals surface area contributed by atoms with Crippen molar-refractivity contribution in [1.29, 1.82) is 0 Å². The molecular weight excluding hydrogens is 278 g/mol. The third-order valence-electron chi connectivity index (χ3n) is 4.73. The van der Waals surface area contributed by atoms with Crippen molar-refractivity contribution in [3.8, 4) is 0 Å². The number of ether oxygens (including phenoxy) is 2. The predicted molar refractivity (Wildman–Crippen MR) is 85.7 cm³/mol. The van der Waals surface area contributed by atoms with Crippen LogP contribution in [0.3, 0.4) is 0 Å². The number of hydrogen-bond donors (Lipinski definition) is 1. The molecule has 0 aromatic heterocycles. The molecule has 1 spiro atoms. The maximum absolute atomic E-state index is 10.2. The van der Waals surface area contributed by atoms with Crippen molar-refractivity contribution in [2.24, 2.45) is 0 Å². The summed E-state index contributed by atoms with van der Waals surface area (Å²) in [6.07, 6.45) is 4.46. The van der Waals surface area contributed by atoms with Gasteiger partial charge in [0.25, 0.3) is 0 Å². The van der Waals surface area contributed by atoms with E-state index in [1.54, 1.807) is 0 Å². The Morgan fingerprint density at radius 2 is 2.00 bits per heavy atom. The summed E-state index contributed by atoms with van der Waals surface area (Å²) < 4.78 is 11.7. The molecule has 0 amide bonds. The monoisotopic (exact) mass is 305 g/mol. The van der Waals surface area contributed by atoms with Crippen molar-refractivity contribution in [2.75, 3.05) is 32.8 Å². The minimum Gasteiger partial charge on any atom is -0.389 e. The SMILES string of the molecule is OC(COCc1ccccc1)CN1CCOC2(CCCC2)C1. The van der Waals surface area contributed by atoms with E-state index in [9.17, 15) is 5.11 Å². The van der Waals surface area contributed by atoms with Crippen LogP contribution in [0.25, 0.3) is 0 Å². The lowest BCUT2D eigenvalue weighted by molar-refractivity contribution is -0.114. The lowest BCUT2D eigenvalue weighted by Crippen LogP contribution is -2.52. The van der Waals surface area contributed by atoms with E-state index in [1.165, 1.54) is 25.7 Å². The Hall–Kier alpha value is -0.940. The Bertz CT molecular complexity index is 445. The standard InChI is InChI=1S/C18H27NO3/c20-17(14-21-13-16-6-2-1-3-7-16)12-19-10-11-22-18(15-19)8-4-5-9-18/h1-3,6-7,17,20H,4-5,8-15H2. The predicted octanol–water partition coefficient (Wildman–Crippen LogP) is 2.21. The van der Waals surface area contributed by atoms with Crippen LogP contribution in [-0.2, 0) is 16.1 Å². The number of aliphatic hydroxyl groups is 1. The van der Waals surface area contributed by atoms with E-state index in [1.807, 2.05) is 30.3 Å². The van der Waals surface area contributed by atoms with E-state index in [2.05, 4.69) is 4.90 Å². The first-order chi connectivity index (χ1) is 10.8. The molecule has 3 rings (SSSR count). The average Bonchev–Trinajstić information content (AvgIpc) is 2.96. The molecular formula is C18H27NO3. The normalized spacial score (nSPS) is 23.0. The Balaban J connectivity index is 1.39. The number of nitrogens with zero attached hydrogens (tertiary/aromatic N) is 1. The van der Waals surface area contributed by atoms with Crippen molar-refractivity contribution < 1.29 is 14.6 Å². The van der Waals surface area contributed by atoms with Gasteiger partial charge in [-0.15, -0.1) is 0 Å². The molecule has 1 aliphatic heterocycles. The molecule has 1 unspecified atom stereocenters. The summed E-state index contributed by atoms with van der Waals surface area (Å²) in [5.74, 6) is 0. The summed E-state index contributed by atoms with van der Waals surface area (Å²) in [4.78, 5) is 2.34. The van der Waals surface area contributed by atoms with Crippen LogP contribution in [0.15, 0.2) is 30.3 Å². The zero-order valence-corrected chi connectivity index (χ0v) is 13.2. The van der Waals surface area contributed by atoms with Gasteiger partial charge in [0, 0.05) is 19.6 Å². The van der Waals surface area contributed by atoms with E-state index in [0.29, 0.717) is 19.8 Å². The van der Waals surface area contributed by atoms with Gasteiger partial charge in [-0.25, -0.2) is 0 Å². The summed E-state index contributed by atoms with van der Waals surface area (Å²) >= 11 is 0. The highest BCUT2D eigenvalue weighted by Gasteiger charge is 2.39. The Morgan fingerprint density at radius 3 is 2.77 bits per heavy atom. The molecule has 4 nitrogen and oxygen atoms in total. The topological polar surface area (TPSA) is 41.9 Å². The molecule has 1 N–H and O–H groups in total. The molecule has 1 atom stereocenters. The van der Waals surface area contributed by atoms with E-state index in [-0.39, 0.29) is 5.60 Å². The van der Waals surface area contributed by atoms with E-state index in [4.69, 9.17) is 9.47 Å². The van der Waals surface area contributed by atoms with Gasteiger partial charge in [-0.1, -0.05) is 43.2 Å². The maximum atomic E-state index is 10.2. The van der Waals surface area contributed by atoms with Crippen molar-refractivity contribution >= 4 is 0 Å². The summed E-state index contributed by atoms with van der Waals surface area (Å²) in [6, 6.07) is 10.1. The fourth-order valence-electron chi connectivity index (χ4n) is 3.64. The maximum Gasteiger partial charge on any atom is 0.0900 e. The highest BCUT2D eigenvalue weighted by atomic mass is 16.5. The van der Waals surface area contributed by atoms with Crippen molar-refractivity contribution in [3.05, 3.63) is 35.9 Å². The summed E-state index contributed by atoms with van der Waals surface area (Å²) in [5, 5.41) is 10.2. The molecule has 1 heterocycles. The fraction of sp³-hybridized carbons (Fsp3) is 0.667. The van der Waals surface area contributed by atoms with Crippen LogP contribution in [0.4, 0.5) is 0 Å². The van der Waals surface area contributed by atoms with Crippen LogP contribution < -0.4 is 0 Å². The molecule has 2 aliphatic rings. The van der Waals surface area contributed by atoms with Gasteiger partial charge in [-0.05, 0) is 18.4 Å². The van der Waals surface area contributed by atoms with Gasteiger partial charge in [0.15, 0.2) is 0 Å². The van der Waals surface area contributed by atoms with Gasteiger partial charge in [-0.3, -0.25) is 4.90 Å². The van der Waals surface area contributed by atoms with Crippen LogP contribution in [0.5, 0.6) is 0 Å². The minimum absolute atomic E-state index is 0.0723. The second-order valence-electron chi connectivity index (χ2n) is 6.63. The average molecular weight is 305 g/mol. The zero-order chi connectivity index (χ0) is 15.3. The molecule has 1 saturated carbocycles. The number of hydrogen-bond acceptors (Lipinski definition) is 4. The molecule has 2 fully saturated rings. The number of morpholine rings is 1. The highest BCUT2D eigenvalue weighted by Crippen LogP contribution is 2.35. The molecule has 122 valence electrons. The van der Waals surface area contributed by atoms with Gasteiger partial charge in [-0.2, -0.15) is 0 Å². The van der Waals surface area contributed by atoms with Crippen LogP contribution in [0.1, 0.15) is 31.2 Å². The van der Waals surface area contributed by atoms with E-state index < -0.39 is 6.10 Å². The van der Waals surface area contributed by atoms with E-state index >= 15 is 0 Å². The zero-order valence-electron chi connectivity index (χ0n) is 13.2. The third kappa shape index (κ3) is 4.29. The van der Waals surface area contributed by atoms with Crippen LogP contribution in [-0.4, -0.2) is 54.6 Å². The number of aliphatic hydroxyl groups excluding tert-OH is 1. The smallest absolute Gasteiger partial charge is 0.0900 e. The van der Waals surface area contributed by atoms with Crippen LogP contribution in [0, 0.1) is 0 Å². The van der Waals surface area contributed by atoms with Crippen LogP contribution in [0.2, 0.25) is 0 Å². The lowest BCUT2D eigenvalue weighted by Gasteiger charge is -2.41. The van der Waals surface area contributed by atoms with E-state index in [0.717, 1.165) is 25.3 Å². The van der Waals surface area contributed by atoms with Gasteiger partial charge >= 0.3 is 0 Å². The largest absolute Gasteiger partial charge is 0.389 e. The molecule has 22 heavy (non-hydrogen) atoms. The lowest BCUT2D eigenvalue weighted by atomic mass is 9.99. The van der Waals surface area contributed by atoms with Gasteiger partial charge < -0.3 is 14.6 Å². The Morgan fingerprint density at radius 1 is 1.23 bits per heavy atom. The molecule has 0 radical (unpaired) electrons. The molecule has 4 heteroatoms. The first-order valence-electron chi connectivity index (χ1n) is 8.42. The molecule has 1 aliphatic carbocycles. The second kappa shape index (κ2) is 7.55. The summed E-state index contributed by atoms with van der Waals surface area (Å²) in [5.41, 5.74) is 1.22. The summed E-state index contributed by atoms with van der Waals surface area (Å²) in [7, 11) is 0. The number of benzene rings is 1. The minimum atomic E-state index is -0.430.